The third-order valence-corrected chi connectivity index (χ3v) is 3.60. The Morgan fingerprint density at radius 1 is 1.22 bits per heavy atom. The molecule has 0 radical (unpaired) electrons. The fraction of sp³-hybridized carbons (Fsp3) is 0.500. The van der Waals surface area contributed by atoms with Crippen LogP contribution in [0.25, 0.3) is 0 Å². The van der Waals surface area contributed by atoms with Gasteiger partial charge >= 0.3 is 5.97 Å². The van der Waals surface area contributed by atoms with E-state index in [-0.39, 0.29) is 5.97 Å². The van der Waals surface area contributed by atoms with Gasteiger partial charge in [0, 0.05) is 26.2 Å². The highest BCUT2D eigenvalue weighted by Crippen LogP contribution is 2.21. The highest BCUT2D eigenvalue weighted by molar-refractivity contribution is 5.91. The first-order valence-corrected chi connectivity index (χ1v) is 8.17. The molecular formula is C18H25NO4. The van der Waals surface area contributed by atoms with Gasteiger partial charge in [-0.2, -0.15) is 0 Å². The fourth-order valence-electron chi connectivity index (χ4n) is 2.52. The molecule has 23 heavy (non-hydrogen) atoms. The molecule has 0 unspecified atom stereocenters. The van der Waals surface area contributed by atoms with Gasteiger partial charge in [0.1, 0.15) is 0 Å². The van der Waals surface area contributed by atoms with Gasteiger partial charge < -0.3 is 19.5 Å². The molecule has 2 rings (SSSR count). The second-order valence-electron chi connectivity index (χ2n) is 5.18. The molecule has 1 aromatic rings. The van der Waals surface area contributed by atoms with Crippen LogP contribution >= 0.6 is 0 Å². The molecule has 0 atom stereocenters. The number of hydrogen-bond donors (Lipinski definition) is 1. The van der Waals surface area contributed by atoms with Crippen LogP contribution in [-0.2, 0) is 25.4 Å². The van der Waals surface area contributed by atoms with Crippen LogP contribution < -0.4 is 5.32 Å². The van der Waals surface area contributed by atoms with Crippen LogP contribution in [0.5, 0.6) is 0 Å². The molecule has 0 bridgehead atoms. The average Bonchev–Trinajstić information content (AvgIpc) is 2.98. The number of benzene rings is 1. The fourth-order valence-corrected chi connectivity index (χ4v) is 2.52. The third-order valence-electron chi connectivity index (χ3n) is 3.60. The summed E-state index contributed by atoms with van der Waals surface area (Å²) in [4.78, 5) is 11.9. The molecule has 5 nitrogen and oxygen atoms in total. The van der Waals surface area contributed by atoms with Gasteiger partial charge in [-0.1, -0.05) is 30.3 Å². The Morgan fingerprint density at radius 2 is 1.91 bits per heavy atom. The standard InChI is InChI=1S/C18H25NO4/c1-3-21-18(22-4-2)16(15-11-13-23-17(15)20)19-12-10-14-8-6-5-7-9-14/h5-9,18-19H,3-4,10-13H2,1-2H3/b16-15-. The van der Waals surface area contributed by atoms with E-state index < -0.39 is 6.29 Å². The van der Waals surface area contributed by atoms with Gasteiger partial charge in [0.15, 0.2) is 6.29 Å². The summed E-state index contributed by atoms with van der Waals surface area (Å²) >= 11 is 0. The molecule has 0 aliphatic carbocycles. The van der Waals surface area contributed by atoms with Crippen LogP contribution in [0.2, 0.25) is 0 Å². The van der Waals surface area contributed by atoms with Gasteiger partial charge in [0.05, 0.1) is 17.9 Å². The number of cyclic esters (lactones) is 1. The zero-order valence-corrected chi connectivity index (χ0v) is 13.8. The maximum Gasteiger partial charge on any atom is 0.336 e. The summed E-state index contributed by atoms with van der Waals surface area (Å²) in [5, 5.41) is 3.34. The van der Waals surface area contributed by atoms with Crippen molar-refractivity contribution in [3.8, 4) is 0 Å². The van der Waals surface area contributed by atoms with Crippen molar-refractivity contribution in [1.29, 1.82) is 0 Å². The molecular weight excluding hydrogens is 294 g/mol. The van der Waals surface area contributed by atoms with Gasteiger partial charge in [0.25, 0.3) is 0 Å². The Kier molecular flexibility index (Phi) is 7.10. The van der Waals surface area contributed by atoms with E-state index in [1.807, 2.05) is 32.0 Å². The second kappa shape index (κ2) is 9.33. The van der Waals surface area contributed by atoms with E-state index in [2.05, 4.69) is 17.4 Å². The molecule has 1 saturated heterocycles. The average molecular weight is 319 g/mol. The van der Waals surface area contributed by atoms with Crippen molar-refractivity contribution >= 4 is 5.97 Å². The lowest BCUT2D eigenvalue weighted by atomic mass is 10.1. The summed E-state index contributed by atoms with van der Waals surface area (Å²) in [7, 11) is 0. The summed E-state index contributed by atoms with van der Waals surface area (Å²) in [6.07, 6.45) is 0.891. The van der Waals surface area contributed by atoms with Crippen molar-refractivity contribution in [2.24, 2.45) is 0 Å². The van der Waals surface area contributed by atoms with E-state index in [1.165, 1.54) is 5.56 Å². The Labute approximate surface area is 137 Å². The number of carbonyl (C=O) groups is 1. The summed E-state index contributed by atoms with van der Waals surface area (Å²) < 4.78 is 16.4. The number of nitrogens with one attached hydrogen (secondary N) is 1. The minimum atomic E-state index is -0.554. The summed E-state index contributed by atoms with van der Waals surface area (Å²) in [5.74, 6) is -0.281. The van der Waals surface area contributed by atoms with Crippen LogP contribution in [-0.4, -0.2) is 38.6 Å². The normalized spacial score (nSPS) is 16.6. The van der Waals surface area contributed by atoms with Crippen molar-refractivity contribution in [2.75, 3.05) is 26.4 Å². The SMILES string of the molecule is CCOC(OCC)/C(NCCc1ccccc1)=C1\CCOC1=O. The molecule has 1 aromatic carbocycles. The first kappa shape index (κ1) is 17.5. The lowest BCUT2D eigenvalue weighted by Gasteiger charge is -2.23. The number of esters is 1. The molecule has 0 aromatic heterocycles. The first-order valence-electron chi connectivity index (χ1n) is 8.17. The van der Waals surface area contributed by atoms with Crippen molar-refractivity contribution in [2.45, 2.75) is 33.0 Å². The predicted octanol–water partition coefficient (Wildman–Crippen LogP) is 2.42. The first-order chi connectivity index (χ1) is 11.3. The van der Waals surface area contributed by atoms with Crippen LogP contribution in [0, 0.1) is 0 Å². The quantitative estimate of drug-likeness (QED) is 0.430. The van der Waals surface area contributed by atoms with E-state index in [9.17, 15) is 4.79 Å². The van der Waals surface area contributed by atoms with Crippen molar-refractivity contribution in [1.82, 2.24) is 5.32 Å². The topological polar surface area (TPSA) is 56.8 Å². The lowest BCUT2D eigenvalue weighted by molar-refractivity contribution is -0.136. The maximum atomic E-state index is 11.9. The van der Waals surface area contributed by atoms with Crippen molar-refractivity contribution in [3.63, 3.8) is 0 Å². The Balaban J connectivity index is 2.08. The number of hydrogen-bond acceptors (Lipinski definition) is 5. The highest BCUT2D eigenvalue weighted by atomic mass is 16.7. The van der Waals surface area contributed by atoms with Gasteiger partial charge in [-0.25, -0.2) is 4.79 Å². The molecule has 1 fully saturated rings. The van der Waals surface area contributed by atoms with Crippen molar-refractivity contribution in [3.05, 3.63) is 47.2 Å². The van der Waals surface area contributed by atoms with Gasteiger partial charge in [-0.15, -0.1) is 0 Å². The van der Waals surface area contributed by atoms with Crippen LogP contribution in [0.4, 0.5) is 0 Å². The van der Waals surface area contributed by atoms with E-state index in [0.29, 0.717) is 44.1 Å². The summed E-state index contributed by atoms with van der Waals surface area (Å²) in [5.41, 5.74) is 2.57. The lowest BCUT2D eigenvalue weighted by Crippen LogP contribution is -2.33. The Bertz CT molecular complexity index is 521. The molecule has 126 valence electrons. The number of carbonyl (C=O) groups excluding carboxylic acids is 1. The molecule has 5 heteroatoms. The molecule has 0 amide bonds. The van der Waals surface area contributed by atoms with E-state index >= 15 is 0 Å². The van der Waals surface area contributed by atoms with Gasteiger partial charge in [-0.3, -0.25) is 0 Å². The van der Waals surface area contributed by atoms with Crippen LogP contribution in [0.1, 0.15) is 25.8 Å². The molecule has 0 saturated carbocycles. The predicted molar refractivity (Wildman–Crippen MR) is 87.8 cm³/mol. The number of rotatable bonds is 9. The van der Waals surface area contributed by atoms with Crippen molar-refractivity contribution < 1.29 is 19.0 Å². The maximum absolute atomic E-state index is 11.9. The highest BCUT2D eigenvalue weighted by Gasteiger charge is 2.28. The minimum Gasteiger partial charge on any atom is -0.462 e. The smallest absolute Gasteiger partial charge is 0.336 e. The third kappa shape index (κ3) is 5.08. The largest absolute Gasteiger partial charge is 0.462 e. The second-order valence-corrected chi connectivity index (χ2v) is 5.18. The molecule has 0 spiro atoms. The Morgan fingerprint density at radius 3 is 2.48 bits per heavy atom. The van der Waals surface area contributed by atoms with Crippen LogP contribution in [0.15, 0.2) is 41.6 Å². The zero-order chi connectivity index (χ0) is 16.5. The number of ether oxygens (including phenoxy) is 3. The van der Waals surface area contributed by atoms with Gasteiger partial charge in [0.2, 0.25) is 0 Å². The molecule has 1 heterocycles. The summed E-state index contributed by atoms with van der Waals surface area (Å²) in [6, 6.07) is 10.2. The van der Waals surface area contributed by atoms with E-state index in [1.54, 1.807) is 0 Å². The minimum absolute atomic E-state index is 0.281. The molecule has 1 aliphatic rings. The monoisotopic (exact) mass is 319 g/mol. The Hall–Kier alpha value is -1.85. The van der Waals surface area contributed by atoms with Crippen LogP contribution in [0.3, 0.4) is 0 Å². The van der Waals surface area contributed by atoms with E-state index in [4.69, 9.17) is 14.2 Å². The van der Waals surface area contributed by atoms with Gasteiger partial charge in [-0.05, 0) is 25.8 Å². The molecule has 1 N–H and O–H groups in total. The van der Waals surface area contributed by atoms with E-state index in [0.717, 1.165) is 6.42 Å². The summed E-state index contributed by atoms with van der Waals surface area (Å²) in [6.45, 7) is 5.96. The molecule has 1 aliphatic heterocycles. The zero-order valence-electron chi connectivity index (χ0n) is 13.8.